The van der Waals surface area contributed by atoms with E-state index in [1.54, 1.807) is 59.1 Å². The molecule has 11 atom stereocenters. The van der Waals surface area contributed by atoms with Gasteiger partial charge in [-0.25, -0.2) is 4.79 Å². The molecule has 2 bridgehead atoms. The number of fused-ring (bicyclic) bond motifs is 3. The summed E-state index contributed by atoms with van der Waals surface area (Å²) in [6.07, 6.45) is 11.3. The van der Waals surface area contributed by atoms with Crippen molar-refractivity contribution in [1.82, 2.24) is 4.90 Å². The second kappa shape index (κ2) is 26.2. The van der Waals surface area contributed by atoms with E-state index in [-0.39, 0.29) is 73.6 Å². The number of carboxylic acid groups (broad SMARTS) is 1. The predicted octanol–water partition coefficient (Wildman–Crippen LogP) is 8.43. The van der Waals surface area contributed by atoms with Crippen LogP contribution in [0.2, 0.25) is 0 Å². The molecule has 5 rings (SSSR count). The van der Waals surface area contributed by atoms with Crippen molar-refractivity contribution in [2.75, 3.05) is 20.8 Å². The third kappa shape index (κ3) is 15.7. The molecule has 1 aliphatic carbocycles. The number of methoxy groups -OCH3 is 2. The molecule has 3 aliphatic heterocycles. The van der Waals surface area contributed by atoms with Crippen LogP contribution in [0.3, 0.4) is 0 Å². The Kier molecular flexibility index (Phi) is 21.1. The summed E-state index contributed by atoms with van der Waals surface area (Å²) in [6.45, 7) is 16.2. The lowest BCUT2D eigenvalue weighted by Gasteiger charge is -2.50. The van der Waals surface area contributed by atoms with Crippen LogP contribution in [0.5, 0.6) is 11.5 Å². The van der Waals surface area contributed by atoms with Crippen LogP contribution in [0.4, 0.5) is 0 Å². The van der Waals surface area contributed by atoms with Crippen molar-refractivity contribution < 1.29 is 72.6 Å². The van der Waals surface area contributed by atoms with E-state index in [0.717, 1.165) is 10.5 Å². The highest BCUT2D eigenvalue weighted by Crippen LogP contribution is 2.57. The summed E-state index contributed by atoms with van der Waals surface area (Å²) in [5.41, 5.74) is 0.588. The van der Waals surface area contributed by atoms with Crippen LogP contribution in [0.1, 0.15) is 145 Å². The van der Waals surface area contributed by atoms with Gasteiger partial charge in [-0.15, -0.1) is 0 Å². The molecule has 0 spiro atoms. The first kappa shape index (κ1) is 60.6. The van der Waals surface area contributed by atoms with Gasteiger partial charge in [-0.1, -0.05) is 84.1 Å². The van der Waals surface area contributed by atoms with Crippen molar-refractivity contribution in [2.24, 2.45) is 40.4 Å². The number of aliphatic hydroxyl groups is 2. The van der Waals surface area contributed by atoms with Gasteiger partial charge >= 0.3 is 17.9 Å². The van der Waals surface area contributed by atoms with Crippen molar-refractivity contribution >= 4 is 41.2 Å². The SMILES string of the molecule is COc1cc(C[C@@H](C)[C@@H]2CC(=O)[C@H](C)/C=C(\C)[C@@H](O)CC(=O)[C@H](C)C[C@H](C)/C=C/C=C/C=C(\C)[C@@H](OC)C[C@@H]3CC[C@@H](C)C(O)(O3)C(=O)C(=O)N3CCCC[C@H]3C(=O)O2)ccc1OC(=O)C1(C)CC(C)(CC(=O)O)C1. The first-order chi connectivity index (χ1) is 35.2. The van der Waals surface area contributed by atoms with Gasteiger partial charge in [-0.2, -0.15) is 0 Å². The number of amides is 1. The quantitative estimate of drug-likeness (QED) is 0.0912. The zero-order valence-corrected chi connectivity index (χ0v) is 46.1. The lowest BCUT2D eigenvalue weighted by Crippen LogP contribution is -2.61. The smallest absolute Gasteiger partial charge is 0.329 e. The van der Waals surface area contributed by atoms with E-state index in [1.807, 2.05) is 65.0 Å². The summed E-state index contributed by atoms with van der Waals surface area (Å²) in [4.78, 5) is 96.8. The van der Waals surface area contributed by atoms with Crippen LogP contribution in [0.25, 0.3) is 0 Å². The summed E-state index contributed by atoms with van der Waals surface area (Å²) in [7, 11) is 2.99. The first-order valence-electron chi connectivity index (χ1n) is 26.8. The van der Waals surface area contributed by atoms with Gasteiger partial charge in [0.15, 0.2) is 11.5 Å². The maximum atomic E-state index is 14.5. The second-order valence-corrected chi connectivity index (χ2v) is 22.9. The first-order valence-corrected chi connectivity index (χ1v) is 26.8. The molecule has 3 N–H and O–H groups in total. The topological polar surface area (TPSA) is 230 Å². The van der Waals surface area contributed by atoms with Crippen molar-refractivity contribution in [3.05, 3.63) is 71.4 Å². The number of benzene rings is 1. The van der Waals surface area contributed by atoms with Gasteiger partial charge in [0.05, 0.1) is 37.3 Å². The number of hydrogen-bond acceptors (Lipinski definition) is 14. The molecule has 3 fully saturated rings. The monoisotopic (exact) mass is 1050 g/mol. The number of ether oxygens (including phenoxy) is 5. The third-order valence-corrected chi connectivity index (χ3v) is 16.0. The molecule has 16 nitrogen and oxygen atoms in total. The van der Waals surface area contributed by atoms with Crippen LogP contribution in [0, 0.1) is 40.4 Å². The zero-order chi connectivity index (χ0) is 55.6. The highest BCUT2D eigenvalue weighted by atomic mass is 16.6. The third-order valence-electron chi connectivity index (χ3n) is 16.0. The summed E-state index contributed by atoms with van der Waals surface area (Å²) >= 11 is 0. The maximum absolute atomic E-state index is 14.5. The van der Waals surface area contributed by atoms with Gasteiger partial charge in [-0.3, -0.25) is 28.8 Å². The number of nitrogens with zero attached hydrogens (tertiary/aromatic N) is 1. The fourth-order valence-corrected chi connectivity index (χ4v) is 11.6. The molecular weight excluding hydrogens is 963 g/mol. The molecule has 0 aromatic heterocycles. The summed E-state index contributed by atoms with van der Waals surface area (Å²) in [5.74, 6) is -9.35. The Morgan fingerprint density at radius 1 is 0.880 bits per heavy atom. The highest BCUT2D eigenvalue weighted by Gasteiger charge is 2.56. The molecule has 1 amide bonds. The van der Waals surface area contributed by atoms with E-state index < -0.39 is 94.4 Å². The molecule has 3 heterocycles. The summed E-state index contributed by atoms with van der Waals surface area (Å²) in [6, 6.07) is 3.79. The molecule has 4 aliphatic rings. The second-order valence-electron chi connectivity index (χ2n) is 22.9. The number of cyclic esters (lactones) is 1. The number of esters is 2. The van der Waals surface area contributed by atoms with Crippen LogP contribution >= 0.6 is 0 Å². The molecule has 16 heteroatoms. The average Bonchev–Trinajstić information content (AvgIpc) is 3.34. The largest absolute Gasteiger partial charge is 0.493 e. The molecule has 1 unspecified atom stereocenters. The Morgan fingerprint density at radius 3 is 2.25 bits per heavy atom. The number of Topliss-reactive ketones (excluding diaryl/α,β-unsaturated/α-hetero) is 3. The summed E-state index contributed by atoms with van der Waals surface area (Å²) < 4.78 is 29.8. The maximum Gasteiger partial charge on any atom is 0.329 e. The molecule has 2 saturated heterocycles. The molecule has 0 radical (unpaired) electrons. The number of aliphatic hydroxyl groups excluding tert-OH is 1. The molecule has 75 heavy (non-hydrogen) atoms. The van der Waals surface area contributed by atoms with Gasteiger partial charge in [0, 0.05) is 50.7 Å². The van der Waals surface area contributed by atoms with E-state index in [0.29, 0.717) is 62.5 Å². The van der Waals surface area contributed by atoms with Crippen molar-refractivity contribution in [3.63, 3.8) is 0 Å². The Balaban J connectivity index is 1.44. The van der Waals surface area contributed by atoms with Crippen molar-refractivity contribution in [2.45, 2.75) is 182 Å². The fraction of sp³-hybridized carbons (Fsp3) is 0.644. The van der Waals surface area contributed by atoms with Crippen molar-refractivity contribution in [3.8, 4) is 11.5 Å². The Labute approximate surface area is 443 Å². The number of allylic oxidation sites excluding steroid dienone is 6. The Morgan fingerprint density at radius 2 is 1.59 bits per heavy atom. The molecule has 1 aromatic rings. The molecule has 1 aromatic carbocycles. The van der Waals surface area contributed by atoms with E-state index >= 15 is 0 Å². The number of rotatable bonds is 9. The van der Waals surface area contributed by atoms with Gasteiger partial charge in [0.25, 0.3) is 11.7 Å². The van der Waals surface area contributed by atoms with Crippen LogP contribution in [0.15, 0.2) is 65.8 Å². The number of carboxylic acids is 1. The number of carbonyl (C=O) groups excluding carboxylic acids is 6. The zero-order valence-electron chi connectivity index (χ0n) is 46.1. The Hall–Kier alpha value is -5.29. The number of carbonyl (C=O) groups is 7. The number of piperidine rings is 1. The van der Waals surface area contributed by atoms with Crippen LogP contribution in [-0.4, -0.2) is 118 Å². The highest BCUT2D eigenvalue weighted by molar-refractivity contribution is 6.39. The Bertz CT molecular complexity index is 2380. The number of aliphatic carboxylic acids is 1. The van der Waals surface area contributed by atoms with Crippen LogP contribution < -0.4 is 9.47 Å². The minimum atomic E-state index is -2.47. The molecule has 1 saturated carbocycles. The van der Waals surface area contributed by atoms with Crippen molar-refractivity contribution in [1.29, 1.82) is 0 Å². The number of hydrogen-bond donors (Lipinski definition) is 3. The molecule has 414 valence electrons. The van der Waals surface area contributed by atoms with Crippen LogP contribution in [-0.2, 0) is 54.2 Å². The average molecular weight is 1050 g/mol. The van der Waals surface area contributed by atoms with Gasteiger partial charge in [0.2, 0.25) is 5.79 Å². The van der Waals surface area contributed by atoms with Gasteiger partial charge in [-0.05, 0) is 125 Å². The minimum Gasteiger partial charge on any atom is -0.493 e. The summed E-state index contributed by atoms with van der Waals surface area (Å²) in [5, 5.41) is 32.6. The van der Waals surface area contributed by atoms with E-state index in [9.17, 15) is 48.9 Å². The van der Waals surface area contributed by atoms with E-state index in [2.05, 4.69) is 0 Å². The normalized spacial score (nSPS) is 36.0. The lowest BCUT2D eigenvalue weighted by atomic mass is 9.53. The fourth-order valence-electron chi connectivity index (χ4n) is 11.6. The van der Waals surface area contributed by atoms with Gasteiger partial charge in [0.1, 0.15) is 23.7 Å². The standard InChI is InChI=1S/C59H83NO15/c1-35-17-13-12-14-18-36(2)49(71-10)29-43-22-20-41(7)59(70,75-43)53(66)54(67)60-24-16-15-19-44(60)55(68)73-50(31-47(63)39(5)26-38(4)46(62)30-45(61)37(3)25-35)40(6)27-42-21-23-48(51(28-42)72-11)74-56(69)58(9)33-57(8,34-58)32-52(64)65/h12-14,17-18,21,23,26,28,35,37,39-41,43-44,46,49-50,62,70H,15-16,19-20,22,24-25,27,29-34H2,1-11H3,(H,64,65)/b14-12+,17-13+,36-18+,38-26+/t35-,37-,39-,40-,41-,43+,44+,46+,49+,50+,57?,58?,59?/m1/s1. The van der Waals surface area contributed by atoms with Gasteiger partial charge < -0.3 is 43.9 Å². The number of ketones is 3. The van der Waals surface area contributed by atoms with E-state index in [4.69, 9.17) is 23.7 Å². The van der Waals surface area contributed by atoms with E-state index in [1.165, 1.54) is 7.11 Å². The minimum absolute atomic E-state index is 0.0387. The lowest BCUT2D eigenvalue weighted by molar-refractivity contribution is -0.265. The predicted molar refractivity (Wildman–Crippen MR) is 280 cm³/mol. The molecular formula is C59H83NO15.